The lowest BCUT2D eigenvalue weighted by atomic mass is 9.55. The van der Waals surface area contributed by atoms with E-state index < -0.39 is 0 Å². The molecule has 3 aliphatic carbocycles. The molecule has 6 unspecified atom stereocenters. The van der Waals surface area contributed by atoms with Crippen molar-refractivity contribution in [3.05, 3.63) is 12.2 Å². The molecular formula is C17H27N. The Morgan fingerprint density at radius 1 is 0.833 bits per heavy atom. The van der Waals surface area contributed by atoms with E-state index in [4.69, 9.17) is 0 Å². The van der Waals surface area contributed by atoms with Gasteiger partial charge in [-0.05, 0) is 93.5 Å². The number of allylic oxidation sites excluding steroid dienone is 2. The molecule has 6 atom stereocenters. The first kappa shape index (κ1) is 11.5. The second-order valence-corrected chi connectivity index (χ2v) is 7.24. The van der Waals surface area contributed by atoms with Crippen LogP contribution in [-0.2, 0) is 0 Å². The summed E-state index contributed by atoms with van der Waals surface area (Å²) in [4.78, 5) is 0. The predicted molar refractivity (Wildman–Crippen MR) is 75.3 cm³/mol. The molecule has 0 radical (unpaired) electrons. The van der Waals surface area contributed by atoms with Crippen molar-refractivity contribution in [3.8, 4) is 0 Å². The van der Waals surface area contributed by atoms with Crippen molar-refractivity contribution in [3.63, 3.8) is 0 Å². The summed E-state index contributed by atoms with van der Waals surface area (Å²) in [6, 6.07) is 0. The van der Waals surface area contributed by atoms with Crippen molar-refractivity contribution >= 4 is 0 Å². The van der Waals surface area contributed by atoms with Gasteiger partial charge in [0.1, 0.15) is 0 Å². The second kappa shape index (κ2) is 4.67. The summed E-state index contributed by atoms with van der Waals surface area (Å²) < 4.78 is 0. The third-order valence-electron chi connectivity index (χ3n) is 6.60. The predicted octanol–water partition coefficient (Wildman–Crippen LogP) is 3.61. The third-order valence-corrected chi connectivity index (χ3v) is 6.60. The molecule has 0 amide bonds. The van der Waals surface area contributed by atoms with E-state index in [1.807, 2.05) is 0 Å². The maximum atomic E-state index is 3.68. The van der Waals surface area contributed by atoms with Gasteiger partial charge in [-0.15, -0.1) is 0 Å². The number of hydrogen-bond acceptors (Lipinski definition) is 1. The van der Waals surface area contributed by atoms with Gasteiger partial charge in [-0.3, -0.25) is 0 Å². The fourth-order valence-corrected chi connectivity index (χ4v) is 5.83. The third kappa shape index (κ3) is 1.78. The molecular weight excluding hydrogens is 218 g/mol. The maximum Gasteiger partial charge on any atom is -0.00178 e. The van der Waals surface area contributed by atoms with E-state index in [0.717, 1.165) is 35.5 Å². The number of fused-ring (bicyclic) bond motifs is 5. The molecule has 100 valence electrons. The maximum absolute atomic E-state index is 3.68. The van der Waals surface area contributed by atoms with Gasteiger partial charge in [-0.25, -0.2) is 0 Å². The Bertz CT molecular complexity index is 333. The number of hydrogen-bond donors (Lipinski definition) is 1. The summed E-state index contributed by atoms with van der Waals surface area (Å²) in [5.41, 5.74) is 0. The lowest BCUT2D eigenvalue weighted by molar-refractivity contribution is 0.00474. The minimum Gasteiger partial charge on any atom is -0.316 e. The normalized spacial score (nSPS) is 51.1. The van der Waals surface area contributed by atoms with Crippen molar-refractivity contribution in [2.24, 2.45) is 35.5 Å². The van der Waals surface area contributed by atoms with Gasteiger partial charge in [0.25, 0.3) is 0 Å². The molecule has 3 fully saturated rings. The van der Waals surface area contributed by atoms with Crippen molar-refractivity contribution in [2.75, 3.05) is 13.1 Å². The zero-order valence-corrected chi connectivity index (χ0v) is 11.5. The van der Waals surface area contributed by atoms with Crippen LogP contribution in [-0.4, -0.2) is 13.1 Å². The molecule has 0 aromatic rings. The molecule has 1 nitrogen and oxygen atoms in total. The molecule has 4 aliphatic rings. The van der Waals surface area contributed by atoms with Gasteiger partial charge >= 0.3 is 0 Å². The molecule has 0 spiro atoms. The SMILES string of the molecule is C1=CC2CCC3C4CCCNCC4CCC3C2C1. The first-order valence-electron chi connectivity index (χ1n) is 8.31. The van der Waals surface area contributed by atoms with Crippen LogP contribution in [0.15, 0.2) is 12.2 Å². The Labute approximate surface area is 111 Å². The van der Waals surface area contributed by atoms with E-state index in [-0.39, 0.29) is 0 Å². The molecule has 1 aliphatic heterocycles. The van der Waals surface area contributed by atoms with Gasteiger partial charge in [0.2, 0.25) is 0 Å². The zero-order valence-electron chi connectivity index (χ0n) is 11.5. The Morgan fingerprint density at radius 2 is 1.72 bits per heavy atom. The average molecular weight is 245 g/mol. The molecule has 1 heteroatoms. The summed E-state index contributed by atoms with van der Waals surface area (Å²) in [6.07, 6.45) is 15.5. The minimum atomic E-state index is 0.965. The van der Waals surface area contributed by atoms with Crippen LogP contribution in [0, 0.1) is 35.5 Å². The highest BCUT2D eigenvalue weighted by Crippen LogP contribution is 2.54. The van der Waals surface area contributed by atoms with Gasteiger partial charge < -0.3 is 5.32 Å². The van der Waals surface area contributed by atoms with E-state index >= 15 is 0 Å². The molecule has 1 N–H and O–H groups in total. The van der Waals surface area contributed by atoms with Crippen LogP contribution in [0.1, 0.15) is 44.9 Å². The Morgan fingerprint density at radius 3 is 2.72 bits per heavy atom. The van der Waals surface area contributed by atoms with E-state index in [9.17, 15) is 0 Å². The average Bonchev–Trinajstić information content (AvgIpc) is 2.75. The van der Waals surface area contributed by atoms with Crippen LogP contribution in [0.2, 0.25) is 0 Å². The van der Waals surface area contributed by atoms with Crippen LogP contribution in [0.3, 0.4) is 0 Å². The van der Waals surface area contributed by atoms with Gasteiger partial charge in [-0.2, -0.15) is 0 Å². The summed E-state index contributed by atoms with van der Waals surface area (Å²) in [5, 5.41) is 3.68. The highest BCUT2D eigenvalue weighted by molar-refractivity contribution is 5.08. The smallest absolute Gasteiger partial charge is 0.00178 e. The van der Waals surface area contributed by atoms with Crippen LogP contribution < -0.4 is 5.32 Å². The van der Waals surface area contributed by atoms with Crippen LogP contribution in [0.5, 0.6) is 0 Å². The summed E-state index contributed by atoms with van der Waals surface area (Å²) >= 11 is 0. The van der Waals surface area contributed by atoms with Crippen LogP contribution in [0.4, 0.5) is 0 Å². The quantitative estimate of drug-likeness (QED) is 0.643. The fraction of sp³-hybridized carbons (Fsp3) is 0.882. The Kier molecular flexibility index (Phi) is 2.99. The van der Waals surface area contributed by atoms with E-state index in [0.29, 0.717) is 0 Å². The molecule has 2 saturated carbocycles. The largest absolute Gasteiger partial charge is 0.316 e. The Hall–Kier alpha value is -0.300. The van der Waals surface area contributed by atoms with E-state index in [1.165, 1.54) is 58.0 Å². The van der Waals surface area contributed by atoms with Crippen molar-refractivity contribution < 1.29 is 0 Å². The van der Waals surface area contributed by atoms with Gasteiger partial charge in [0.05, 0.1) is 0 Å². The number of nitrogens with one attached hydrogen (secondary N) is 1. The molecule has 0 bridgehead atoms. The summed E-state index contributed by atoms with van der Waals surface area (Å²) in [5.74, 6) is 6.26. The molecule has 18 heavy (non-hydrogen) atoms. The van der Waals surface area contributed by atoms with E-state index in [1.54, 1.807) is 0 Å². The van der Waals surface area contributed by atoms with Gasteiger partial charge in [-0.1, -0.05) is 12.2 Å². The standard InChI is InChI=1S/C17H27N/c1-3-12-6-8-17-15-5-2-10-18-11-13(15)7-9-16(17)14(12)4-1/h1,3,12-18H,2,4-11H2. The number of rotatable bonds is 0. The lowest BCUT2D eigenvalue weighted by Gasteiger charge is -2.50. The molecule has 4 rings (SSSR count). The highest BCUT2D eigenvalue weighted by atomic mass is 14.9. The minimum absolute atomic E-state index is 0.965. The second-order valence-electron chi connectivity index (χ2n) is 7.24. The van der Waals surface area contributed by atoms with Gasteiger partial charge in [0.15, 0.2) is 0 Å². The fourth-order valence-electron chi connectivity index (χ4n) is 5.83. The Balaban J connectivity index is 1.56. The van der Waals surface area contributed by atoms with Crippen molar-refractivity contribution in [1.82, 2.24) is 5.32 Å². The summed E-state index contributed by atoms with van der Waals surface area (Å²) in [7, 11) is 0. The first-order chi connectivity index (χ1) is 8.93. The van der Waals surface area contributed by atoms with Crippen molar-refractivity contribution in [2.45, 2.75) is 44.9 Å². The molecule has 1 heterocycles. The van der Waals surface area contributed by atoms with Crippen LogP contribution in [0.25, 0.3) is 0 Å². The van der Waals surface area contributed by atoms with Crippen LogP contribution >= 0.6 is 0 Å². The molecule has 0 aromatic heterocycles. The zero-order chi connectivity index (χ0) is 11.9. The summed E-state index contributed by atoms with van der Waals surface area (Å²) in [6.45, 7) is 2.60. The topological polar surface area (TPSA) is 12.0 Å². The lowest BCUT2D eigenvalue weighted by Crippen LogP contribution is -2.43. The monoisotopic (exact) mass is 245 g/mol. The van der Waals surface area contributed by atoms with Gasteiger partial charge in [0, 0.05) is 0 Å². The van der Waals surface area contributed by atoms with E-state index in [2.05, 4.69) is 17.5 Å². The highest BCUT2D eigenvalue weighted by Gasteiger charge is 2.46. The van der Waals surface area contributed by atoms with Crippen molar-refractivity contribution in [1.29, 1.82) is 0 Å². The molecule has 1 saturated heterocycles. The first-order valence-corrected chi connectivity index (χ1v) is 8.31. The molecule has 0 aromatic carbocycles.